The third kappa shape index (κ3) is 40.9. The van der Waals surface area contributed by atoms with E-state index in [4.69, 9.17) is 9.47 Å². The zero-order chi connectivity index (χ0) is 55.4. The lowest BCUT2D eigenvalue weighted by molar-refractivity contribution is -0.303. The van der Waals surface area contributed by atoms with E-state index in [-0.39, 0.29) is 12.8 Å². The van der Waals surface area contributed by atoms with Gasteiger partial charge < -0.3 is 50.5 Å². The molecular weight excluding hydrogens is 955 g/mol. The summed E-state index contributed by atoms with van der Waals surface area (Å²) in [7, 11) is 0. The Hall–Kier alpha value is -2.19. The number of rotatable bonds is 54. The van der Waals surface area contributed by atoms with Crippen LogP contribution in [0.5, 0.6) is 0 Å². The Kier molecular flexibility index (Phi) is 50.5. The molecule has 1 saturated heterocycles. The lowest BCUT2D eigenvalue weighted by atomic mass is 9.98. The van der Waals surface area contributed by atoms with E-state index in [0.29, 0.717) is 19.3 Å². The molecule has 0 bridgehead atoms. The van der Waals surface area contributed by atoms with Crippen molar-refractivity contribution in [3.05, 3.63) is 60.8 Å². The number of hydrogen-bond donors (Lipinski definition) is 8. The Balaban J connectivity index is 2.27. The lowest BCUT2D eigenvalue weighted by Crippen LogP contribution is -2.60. The molecule has 76 heavy (non-hydrogen) atoms. The Morgan fingerprint density at radius 2 is 0.829 bits per heavy atom. The van der Waals surface area contributed by atoms with Gasteiger partial charge in [-0.15, -0.1) is 0 Å². The molecule has 444 valence electrons. The first kappa shape index (κ1) is 71.8. The summed E-state index contributed by atoms with van der Waals surface area (Å²) in [5.74, 6) is -0.712. The van der Waals surface area contributed by atoms with Crippen LogP contribution in [0.2, 0.25) is 0 Å². The number of carbonyl (C=O) groups excluding carboxylic acids is 1. The highest BCUT2D eigenvalue weighted by molar-refractivity contribution is 5.80. The van der Waals surface area contributed by atoms with Crippen molar-refractivity contribution >= 4 is 5.91 Å². The molecule has 11 nitrogen and oxygen atoms in total. The predicted molar refractivity (Wildman–Crippen MR) is 316 cm³/mol. The van der Waals surface area contributed by atoms with E-state index in [1.54, 1.807) is 0 Å². The summed E-state index contributed by atoms with van der Waals surface area (Å²) in [4.78, 5) is 13.2. The van der Waals surface area contributed by atoms with Crippen LogP contribution < -0.4 is 5.32 Å². The summed E-state index contributed by atoms with van der Waals surface area (Å²) >= 11 is 0. The monoisotopic (exact) mass is 1070 g/mol. The summed E-state index contributed by atoms with van der Waals surface area (Å²) in [5, 5.41) is 76.2. The minimum Gasteiger partial charge on any atom is -0.394 e. The Morgan fingerprint density at radius 1 is 0.461 bits per heavy atom. The van der Waals surface area contributed by atoms with Gasteiger partial charge in [-0.3, -0.25) is 4.79 Å². The molecule has 9 unspecified atom stereocenters. The Morgan fingerprint density at radius 3 is 1.25 bits per heavy atom. The smallest absolute Gasteiger partial charge is 0.249 e. The van der Waals surface area contributed by atoms with Gasteiger partial charge in [0.2, 0.25) is 5.91 Å². The van der Waals surface area contributed by atoms with Gasteiger partial charge in [0.25, 0.3) is 0 Å². The SMILES string of the molecule is CCCCCCCC/C=C/CC/C=C/CC/C=C/CCCC(O)C(O)C(COC1OC(CO)C(O)C(O)C1O)NC(=O)C(O)CCCCCCCCCCCCCCCC/C=C\C/C=C\CCCCCCCCCCC. The Labute approximate surface area is 465 Å². The molecular formula is C65H119NO10. The van der Waals surface area contributed by atoms with E-state index in [9.17, 15) is 40.5 Å². The first-order valence-electron chi connectivity index (χ1n) is 31.7. The first-order valence-corrected chi connectivity index (χ1v) is 31.7. The van der Waals surface area contributed by atoms with Crippen LogP contribution in [-0.2, 0) is 14.3 Å². The van der Waals surface area contributed by atoms with Crippen LogP contribution >= 0.6 is 0 Å². The van der Waals surface area contributed by atoms with E-state index in [2.05, 4.69) is 79.9 Å². The van der Waals surface area contributed by atoms with Crippen molar-refractivity contribution < 1.29 is 50.0 Å². The fourth-order valence-electron chi connectivity index (χ4n) is 9.86. The average Bonchev–Trinajstić information content (AvgIpc) is 3.42. The zero-order valence-electron chi connectivity index (χ0n) is 48.7. The molecule has 0 aliphatic carbocycles. The van der Waals surface area contributed by atoms with Gasteiger partial charge in [-0.05, 0) is 96.3 Å². The maximum absolute atomic E-state index is 13.2. The summed E-state index contributed by atoms with van der Waals surface area (Å²) in [6.07, 6.45) is 58.6. The third-order valence-electron chi connectivity index (χ3n) is 15.0. The molecule has 0 saturated carbocycles. The second kappa shape index (κ2) is 53.5. The minimum absolute atomic E-state index is 0.239. The molecule has 0 radical (unpaired) electrons. The van der Waals surface area contributed by atoms with Crippen LogP contribution in [0.25, 0.3) is 0 Å². The van der Waals surface area contributed by atoms with Gasteiger partial charge in [0.05, 0.1) is 25.4 Å². The second-order valence-corrected chi connectivity index (χ2v) is 22.1. The third-order valence-corrected chi connectivity index (χ3v) is 15.0. The number of unbranched alkanes of at least 4 members (excludes halogenated alkanes) is 32. The van der Waals surface area contributed by atoms with Gasteiger partial charge in [0.15, 0.2) is 6.29 Å². The molecule has 0 spiro atoms. The number of ether oxygens (including phenoxy) is 2. The molecule has 1 aliphatic heterocycles. The summed E-state index contributed by atoms with van der Waals surface area (Å²) in [5.41, 5.74) is 0. The molecule has 8 N–H and O–H groups in total. The molecule has 0 aromatic rings. The number of hydrogen-bond acceptors (Lipinski definition) is 10. The fraction of sp³-hybridized carbons (Fsp3) is 0.831. The average molecular weight is 1070 g/mol. The van der Waals surface area contributed by atoms with Gasteiger partial charge in [0, 0.05) is 0 Å². The molecule has 1 aliphatic rings. The molecule has 11 heteroatoms. The van der Waals surface area contributed by atoms with Crippen LogP contribution in [0.3, 0.4) is 0 Å². The zero-order valence-corrected chi connectivity index (χ0v) is 48.7. The topological polar surface area (TPSA) is 189 Å². The maximum Gasteiger partial charge on any atom is 0.249 e. The molecule has 0 aromatic carbocycles. The highest BCUT2D eigenvalue weighted by Crippen LogP contribution is 2.23. The Bertz CT molecular complexity index is 1420. The predicted octanol–water partition coefficient (Wildman–Crippen LogP) is 14.2. The van der Waals surface area contributed by atoms with E-state index < -0.39 is 74.2 Å². The van der Waals surface area contributed by atoms with Crippen LogP contribution in [0.4, 0.5) is 0 Å². The quantitative estimate of drug-likeness (QED) is 0.0215. The molecule has 1 heterocycles. The van der Waals surface area contributed by atoms with Crippen LogP contribution in [0, 0.1) is 0 Å². The van der Waals surface area contributed by atoms with Crippen LogP contribution in [0.1, 0.15) is 277 Å². The van der Waals surface area contributed by atoms with Gasteiger partial charge in [0.1, 0.15) is 36.6 Å². The van der Waals surface area contributed by atoms with Crippen molar-refractivity contribution in [2.75, 3.05) is 13.2 Å². The van der Waals surface area contributed by atoms with Gasteiger partial charge in [-0.2, -0.15) is 0 Å². The number of amides is 1. The number of allylic oxidation sites excluding steroid dienone is 10. The van der Waals surface area contributed by atoms with Crippen molar-refractivity contribution in [2.45, 2.75) is 332 Å². The van der Waals surface area contributed by atoms with Crippen molar-refractivity contribution in [3.63, 3.8) is 0 Å². The van der Waals surface area contributed by atoms with E-state index in [1.807, 2.05) is 0 Å². The minimum atomic E-state index is -1.68. The number of nitrogens with one attached hydrogen (secondary N) is 1. The van der Waals surface area contributed by atoms with Gasteiger partial charge >= 0.3 is 0 Å². The number of carbonyl (C=O) groups is 1. The van der Waals surface area contributed by atoms with Gasteiger partial charge in [-0.1, -0.05) is 242 Å². The lowest BCUT2D eigenvalue weighted by Gasteiger charge is -2.40. The molecule has 1 rings (SSSR count). The number of aliphatic hydroxyl groups excluding tert-OH is 7. The second-order valence-electron chi connectivity index (χ2n) is 22.1. The highest BCUT2D eigenvalue weighted by Gasteiger charge is 2.44. The maximum atomic E-state index is 13.2. The molecule has 1 fully saturated rings. The van der Waals surface area contributed by atoms with Crippen molar-refractivity contribution in [2.24, 2.45) is 0 Å². The van der Waals surface area contributed by atoms with Crippen molar-refractivity contribution in [3.8, 4) is 0 Å². The standard InChI is InChI=1S/C65H119NO10/c1-3-5-7-9-11-13-15-17-19-21-23-24-25-26-27-28-29-30-31-32-33-35-37-39-41-43-45-47-49-51-53-58(69)64(74)66-56(55-75-65-63(73)62(72)61(71)59(54-67)76-65)60(70)57(68)52-50-48-46-44-42-40-38-36-34-22-20-18-16-14-12-10-8-6-4-2/h18,20,23-24,26-27,36,38,44,46,56-63,65,67-73H,3-17,19,21-22,25,28-35,37,39-43,45,47-55H2,1-2H3,(H,66,74)/b20-18+,24-23-,27-26-,38-36+,46-44+. The molecule has 0 aromatic heterocycles. The van der Waals surface area contributed by atoms with Crippen molar-refractivity contribution in [1.82, 2.24) is 5.32 Å². The summed E-state index contributed by atoms with van der Waals surface area (Å²) in [6, 6.07) is -1.20. The summed E-state index contributed by atoms with van der Waals surface area (Å²) in [6.45, 7) is 3.44. The molecule has 9 atom stereocenters. The molecule has 1 amide bonds. The van der Waals surface area contributed by atoms with Gasteiger partial charge in [-0.25, -0.2) is 0 Å². The normalized spacial score (nSPS) is 20.0. The number of aliphatic hydroxyl groups is 7. The largest absolute Gasteiger partial charge is 0.394 e. The highest BCUT2D eigenvalue weighted by atomic mass is 16.7. The van der Waals surface area contributed by atoms with Crippen LogP contribution in [-0.4, -0.2) is 110 Å². The fourth-order valence-corrected chi connectivity index (χ4v) is 9.86. The first-order chi connectivity index (χ1) is 37.2. The van der Waals surface area contributed by atoms with E-state index in [1.165, 1.54) is 180 Å². The van der Waals surface area contributed by atoms with Crippen LogP contribution in [0.15, 0.2) is 60.8 Å². The van der Waals surface area contributed by atoms with E-state index >= 15 is 0 Å². The summed E-state index contributed by atoms with van der Waals surface area (Å²) < 4.78 is 11.1. The van der Waals surface area contributed by atoms with Crippen molar-refractivity contribution in [1.29, 1.82) is 0 Å². The van der Waals surface area contributed by atoms with E-state index in [0.717, 1.165) is 51.4 Å².